The van der Waals surface area contributed by atoms with Crippen LogP contribution in [-0.4, -0.2) is 102 Å². The lowest BCUT2D eigenvalue weighted by molar-refractivity contribution is -0.227. The predicted octanol–water partition coefficient (Wildman–Crippen LogP) is -1.54. The molecule has 1 aliphatic heterocycles. The molecule has 0 unspecified atom stereocenters. The first-order chi connectivity index (χ1) is 13.5. The van der Waals surface area contributed by atoms with E-state index in [0.29, 0.717) is 0 Å². The Balaban J connectivity index is -0.000000174. The Morgan fingerprint density at radius 3 is 1.33 bits per heavy atom. The third-order valence-electron chi connectivity index (χ3n) is 2.03. The Morgan fingerprint density at radius 1 is 0.800 bits per heavy atom. The topological polar surface area (TPSA) is 288 Å². The van der Waals surface area contributed by atoms with Gasteiger partial charge in [0.25, 0.3) is 23.9 Å². The Bertz CT molecular complexity index is 499. The van der Waals surface area contributed by atoms with E-state index < -0.39 is 61.1 Å². The average molecular weight is 445 g/mol. The van der Waals surface area contributed by atoms with Crippen molar-refractivity contribution >= 4 is 23.9 Å². The van der Waals surface area contributed by atoms with E-state index in [1.54, 1.807) is 0 Å². The fraction of sp³-hybridized carbons (Fsp3) is 0.714. The maximum Gasteiger partial charge on any atom is 0.300 e. The molecule has 1 rings (SSSR count). The summed E-state index contributed by atoms with van der Waals surface area (Å²) < 4.78 is 4.84. The van der Waals surface area contributed by atoms with Crippen LogP contribution < -0.4 is 0 Å². The van der Waals surface area contributed by atoms with Crippen LogP contribution in [0.1, 0.15) is 27.7 Å². The van der Waals surface area contributed by atoms with Gasteiger partial charge in [-0.15, -0.1) is 0 Å². The smallest absolute Gasteiger partial charge is 0.300 e. The van der Waals surface area contributed by atoms with E-state index in [1.165, 1.54) is 0 Å². The number of aliphatic hydroxyl groups is 4. The minimum absolute atomic E-state index is 0.539. The zero-order chi connectivity index (χ0) is 25.0. The van der Waals surface area contributed by atoms with Crippen LogP contribution >= 0.6 is 0 Å². The van der Waals surface area contributed by atoms with Gasteiger partial charge in [0, 0.05) is 32.6 Å². The van der Waals surface area contributed by atoms with Crippen LogP contribution in [0.4, 0.5) is 0 Å². The molecule has 16 nitrogen and oxygen atoms in total. The average Bonchev–Trinajstić information content (AvgIpc) is 2.53. The minimum atomic E-state index is -1.50. The van der Waals surface area contributed by atoms with E-state index in [-0.39, 0.29) is 0 Å². The van der Waals surface area contributed by atoms with Crippen molar-refractivity contribution in [1.29, 1.82) is 0 Å². The molecule has 8 N–H and O–H groups in total. The lowest BCUT2D eigenvalue weighted by Crippen LogP contribution is -2.57. The summed E-state index contributed by atoms with van der Waals surface area (Å²) in [5.41, 5.74) is 8.11. The SMILES string of the molecule is CC(=O)O.CC(=O)O.CC(=O)O.CC(=O)O.[N-]=[N+]=N[C@H]1O[C@H](CO)[C@@H](O)[C@H](O)[C@@H]1O. The molecule has 30 heavy (non-hydrogen) atoms. The summed E-state index contributed by atoms with van der Waals surface area (Å²) in [5, 5.41) is 69.3. The Morgan fingerprint density at radius 2 is 1.10 bits per heavy atom. The maximum absolute atomic E-state index is 9.27. The van der Waals surface area contributed by atoms with E-state index in [1.807, 2.05) is 0 Å². The summed E-state index contributed by atoms with van der Waals surface area (Å²) in [5.74, 6) is -3.33. The zero-order valence-electron chi connectivity index (χ0n) is 16.6. The highest BCUT2D eigenvalue weighted by Gasteiger charge is 2.42. The van der Waals surface area contributed by atoms with Crippen molar-refractivity contribution < 1.29 is 64.8 Å². The van der Waals surface area contributed by atoms with Gasteiger partial charge in [0.2, 0.25) is 0 Å². The second kappa shape index (κ2) is 20.7. The van der Waals surface area contributed by atoms with Gasteiger partial charge in [0.15, 0.2) is 6.23 Å². The van der Waals surface area contributed by atoms with Crippen molar-refractivity contribution in [3.05, 3.63) is 10.4 Å². The highest BCUT2D eigenvalue weighted by atomic mass is 16.6. The largest absolute Gasteiger partial charge is 0.481 e. The fourth-order valence-corrected chi connectivity index (χ4v) is 1.23. The molecule has 1 aliphatic rings. The molecule has 0 radical (unpaired) electrons. The molecule has 0 aromatic rings. The van der Waals surface area contributed by atoms with Gasteiger partial charge in [-0.3, -0.25) is 19.2 Å². The number of rotatable bonds is 2. The Kier molecular flexibility index (Phi) is 23.8. The number of nitrogens with zero attached hydrogens (tertiary/aromatic N) is 3. The predicted molar refractivity (Wildman–Crippen MR) is 96.2 cm³/mol. The lowest BCUT2D eigenvalue weighted by Gasteiger charge is -2.37. The van der Waals surface area contributed by atoms with Crippen molar-refractivity contribution in [3.63, 3.8) is 0 Å². The standard InChI is InChI=1S/C6H11N3O5.4C2H4O2/c7-9-8-6-5(13)4(12)3(11)2(1-10)14-6;4*1-2(3)4/h2-6,10-13H,1H2;4*1H3,(H,3,4)/t2-,3-,4+,5+,6+;;;;/m1..../s1. The lowest BCUT2D eigenvalue weighted by atomic mass is 9.99. The first-order valence-corrected chi connectivity index (χ1v) is 7.67. The summed E-state index contributed by atoms with van der Waals surface area (Å²) in [6, 6.07) is 0. The first kappa shape index (κ1) is 34.5. The quantitative estimate of drug-likeness (QED) is 0.136. The fourth-order valence-electron chi connectivity index (χ4n) is 1.23. The number of carbonyl (C=O) groups is 4. The third-order valence-corrected chi connectivity index (χ3v) is 2.03. The van der Waals surface area contributed by atoms with Crippen LogP contribution in [0.3, 0.4) is 0 Å². The normalized spacial score (nSPS) is 23.4. The monoisotopic (exact) mass is 445 g/mol. The first-order valence-electron chi connectivity index (χ1n) is 7.67. The number of hydrogen-bond donors (Lipinski definition) is 8. The van der Waals surface area contributed by atoms with Crippen LogP contribution in [-0.2, 0) is 23.9 Å². The Hall–Kier alpha value is -3.01. The number of ether oxygens (including phenoxy) is 1. The molecular weight excluding hydrogens is 418 g/mol. The van der Waals surface area contributed by atoms with Gasteiger partial charge in [-0.1, -0.05) is 5.11 Å². The van der Waals surface area contributed by atoms with Crippen molar-refractivity contribution in [1.82, 2.24) is 0 Å². The van der Waals surface area contributed by atoms with Crippen LogP contribution in [0.5, 0.6) is 0 Å². The summed E-state index contributed by atoms with van der Waals surface area (Å²) in [7, 11) is 0. The van der Waals surface area contributed by atoms with E-state index in [4.69, 9.17) is 55.0 Å². The van der Waals surface area contributed by atoms with Crippen molar-refractivity contribution in [3.8, 4) is 0 Å². The summed E-state index contributed by atoms with van der Waals surface area (Å²) in [6.45, 7) is 3.79. The van der Waals surface area contributed by atoms with Gasteiger partial charge in [0.1, 0.15) is 24.4 Å². The molecule has 0 bridgehead atoms. The molecule has 0 amide bonds. The molecule has 16 heteroatoms. The van der Waals surface area contributed by atoms with Crippen molar-refractivity contribution in [2.24, 2.45) is 5.11 Å². The second-order valence-electron chi connectivity index (χ2n) is 5.00. The van der Waals surface area contributed by atoms with Gasteiger partial charge in [-0.2, -0.15) is 0 Å². The molecule has 1 heterocycles. The highest BCUT2D eigenvalue weighted by Crippen LogP contribution is 2.21. The maximum atomic E-state index is 9.27. The molecule has 1 saturated heterocycles. The number of carboxylic acid groups (broad SMARTS) is 4. The van der Waals surface area contributed by atoms with E-state index >= 15 is 0 Å². The number of carboxylic acids is 4. The number of azide groups is 1. The van der Waals surface area contributed by atoms with Gasteiger partial charge in [0.05, 0.1) is 6.61 Å². The zero-order valence-corrected chi connectivity index (χ0v) is 16.6. The minimum Gasteiger partial charge on any atom is -0.481 e. The van der Waals surface area contributed by atoms with Crippen LogP contribution in [0.15, 0.2) is 5.11 Å². The second-order valence-corrected chi connectivity index (χ2v) is 5.00. The molecule has 5 atom stereocenters. The van der Waals surface area contributed by atoms with Crippen molar-refractivity contribution in [2.45, 2.75) is 58.3 Å². The van der Waals surface area contributed by atoms with E-state index in [9.17, 15) is 15.3 Å². The molecular formula is C14H27N3O13. The van der Waals surface area contributed by atoms with Gasteiger partial charge in [-0.05, 0) is 5.53 Å². The number of hydrogen-bond acceptors (Lipinski definition) is 10. The van der Waals surface area contributed by atoms with Crippen molar-refractivity contribution in [2.75, 3.05) is 6.61 Å². The molecule has 0 aromatic heterocycles. The molecule has 0 spiro atoms. The molecule has 0 aromatic carbocycles. The van der Waals surface area contributed by atoms with Crippen LogP contribution in [0.25, 0.3) is 10.4 Å². The van der Waals surface area contributed by atoms with Crippen LogP contribution in [0, 0.1) is 0 Å². The summed E-state index contributed by atoms with van der Waals surface area (Å²) >= 11 is 0. The summed E-state index contributed by atoms with van der Waals surface area (Å²) in [4.78, 5) is 38.4. The summed E-state index contributed by atoms with van der Waals surface area (Å²) in [6.07, 6.45) is -6.76. The number of aliphatic hydroxyl groups excluding tert-OH is 4. The third kappa shape index (κ3) is 29.7. The van der Waals surface area contributed by atoms with Gasteiger partial charge in [-0.25, -0.2) is 0 Å². The van der Waals surface area contributed by atoms with E-state index in [2.05, 4.69) is 10.0 Å². The van der Waals surface area contributed by atoms with Gasteiger partial charge >= 0.3 is 0 Å². The van der Waals surface area contributed by atoms with Crippen LogP contribution in [0.2, 0.25) is 0 Å². The molecule has 0 aliphatic carbocycles. The molecule has 176 valence electrons. The molecule has 1 fully saturated rings. The number of aliphatic carboxylic acids is 4. The highest BCUT2D eigenvalue weighted by molar-refractivity contribution is 5.63. The Labute approximate surface area is 170 Å². The van der Waals surface area contributed by atoms with E-state index in [0.717, 1.165) is 27.7 Å². The van der Waals surface area contributed by atoms with Gasteiger partial charge < -0.3 is 45.6 Å². The molecule has 0 saturated carbocycles.